The van der Waals surface area contributed by atoms with Gasteiger partial charge in [0.1, 0.15) is 0 Å². The smallest absolute Gasteiger partial charge is 0.0434 e. The summed E-state index contributed by atoms with van der Waals surface area (Å²) < 4.78 is 0. The van der Waals surface area contributed by atoms with Gasteiger partial charge in [-0.05, 0) is 49.3 Å². The van der Waals surface area contributed by atoms with Gasteiger partial charge in [-0.1, -0.05) is 26.7 Å². The number of rotatable bonds is 5. The van der Waals surface area contributed by atoms with Crippen LogP contribution in [0.4, 0.5) is 0 Å². The molecule has 0 saturated carbocycles. The normalized spacial score (nSPS) is 23.9. The van der Waals surface area contributed by atoms with Crippen molar-refractivity contribution in [3.05, 3.63) is 34.4 Å². The van der Waals surface area contributed by atoms with Gasteiger partial charge < -0.3 is 0 Å². The minimum absolute atomic E-state index is 0.554. The van der Waals surface area contributed by atoms with E-state index in [-0.39, 0.29) is 0 Å². The van der Waals surface area contributed by atoms with Crippen molar-refractivity contribution in [3.8, 4) is 0 Å². The van der Waals surface area contributed by atoms with Crippen LogP contribution in [-0.4, -0.2) is 12.5 Å². The Hall–Kier alpha value is -0.760. The van der Waals surface area contributed by atoms with Gasteiger partial charge in [-0.15, -0.1) is 11.8 Å². The number of hydrogen-bond acceptors (Lipinski definition) is 2. The van der Waals surface area contributed by atoms with Crippen LogP contribution in [0.3, 0.4) is 0 Å². The maximum absolute atomic E-state index is 4.59. The molecule has 0 N–H and O–H groups in total. The topological polar surface area (TPSA) is 12.4 Å². The molecule has 1 rings (SSSR count). The summed E-state index contributed by atoms with van der Waals surface area (Å²) in [5, 5.41) is 0. The molecule has 0 fully saturated rings. The molecule has 1 atom stereocenters. The molecule has 0 aromatic rings. The van der Waals surface area contributed by atoms with Crippen molar-refractivity contribution in [2.45, 2.75) is 40.0 Å². The number of hydrogen-bond donors (Lipinski definition) is 0. The summed E-state index contributed by atoms with van der Waals surface area (Å²) in [7, 11) is 0. The second-order valence-electron chi connectivity index (χ2n) is 4.55. The molecule has 94 valence electrons. The molecule has 0 radical (unpaired) electrons. The third kappa shape index (κ3) is 4.95. The van der Waals surface area contributed by atoms with Crippen LogP contribution < -0.4 is 0 Å². The fourth-order valence-corrected chi connectivity index (χ4v) is 2.34. The van der Waals surface area contributed by atoms with Crippen LogP contribution in [-0.2, 0) is 0 Å². The van der Waals surface area contributed by atoms with Crippen molar-refractivity contribution >= 4 is 18.0 Å². The summed E-state index contributed by atoms with van der Waals surface area (Å²) in [5.74, 6) is 0.554. The number of nitrogens with zero attached hydrogens (tertiary/aromatic N) is 1. The van der Waals surface area contributed by atoms with Crippen molar-refractivity contribution in [2.75, 3.05) is 6.26 Å². The molecule has 2 heteroatoms. The second kappa shape index (κ2) is 7.54. The zero-order valence-corrected chi connectivity index (χ0v) is 12.2. The summed E-state index contributed by atoms with van der Waals surface area (Å²) in [5.41, 5.74) is 2.50. The van der Waals surface area contributed by atoms with Crippen LogP contribution in [0.25, 0.3) is 0 Å². The minimum atomic E-state index is 0.554. The Morgan fingerprint density at radius 3 is 2.76 bits per heavy atom. The SMILES string of the molecule is CCCCC(C)C1=C/C(C)=C\C(SC)=C/C=N1. The molecule has 1 heterocycles. The van der Waals surface area contributed by atoms with Crippen molar-refractivity contribution in [1.29, 1.82) is 0 Å². The average Bonchev–Trinajstić information content (AvgIpc) is 2.30. The number of unbranched alkanes of at least 4 members (excludes halogenated alkanes) is 1. The van der Waals surface area contributed by atoms with Crippen molar-refractivity contribution in [3.63, 3.8) is 0 Å². The zero-order chi connectivity index (χ0) is 12.7. The van der Waals surface area contributed by atoms with E-state index in [1.165, 1.54) is 35.4 Å². The van der Waals surface area contributed by atoms with E-state index in [1.807, 2.05) is 6.21 Å². The predicted octanol–water partition coefficient (Wildman–Crippen LogP) is 4.97. The monoisotopic (exact) mass is 249 g/mol. The van der Waals surface area contributed by atoms with Crippen LogP contribution in [0.5, 0.6) is 0 Å². The molecule has 0 bridgehead atoms. The Labute approximate surface area is 110 Å². The van der Waals surface area contributed by atoms with Crippen LogP contribution in [0.2, 0.25) is 0 Å². The maximum atomic E-state index is 4.59. The van der Waals surface area contributed by atoms with Gasteiger partial charge in [0.25, 0.3) is 0 Å². The lowest BCUT2D eigenvalue weighted by molar-refractivity contribution is 0.568. The molecule has 1 aliphatic rings. The lowest BCUT2D eigenvalue weighted by atomic mass is 9.99. The van der Waals surface area contributed by atoms with Crippen LogP contribution in [0.1, 0.15) is 40.0 Å². The van der Waals surface area contributed by atoms with Crippen molar-refractivity contribution < 1.29 is 0 Å². The Morgan fingerprint density at radius 2 is 2.12 bits per heavy atom. The molecule has 0 aliphatic carbocycles. The van der Waals surface area contributed by atoms with Crippen molar-refractivity contribution in [1.82, 2.24) is 0 Å². The van der Waals surface area contributed by atoms with E-state index in [4.69, 9.17) is 0 Å². The van der Waals surface area contributed by atoms with Crippen LogP contribution in [0.15, 0.2) is 39.4 Å². The fraction of sp³-hybridized carbons (Fsp3) is 0.533. The van der Waals surface area contributed by atoms with E-state index >= 15 is 0 Å². The number of aliphatic imine (C=N–C) groups is 1. The lowest BCUT2D eigenvalue weighted by Gasteiger charge is -2.13. The average molecular weight is 249 g/mol. The molecular weight excluding hydrogens is 226 g/mol. The Balaban J connectivity index is 2.79. The van der Waals surface area contributed by atoms with Gasteiger partial charge in [-0.2, -0.15) is 0 Å². The highest BCUT2D eigenvalue weighted by atomic mass is 32.2. The standard InChI is InChI=1S/C15H23NS/c1-5-6-7-13(3)15-11-12(2)10-14(17-4)8-9-16-15/h8-11,13H,5-7H2,1-4H3/b9-8?,12-10-,12-11?,14-8+,14-10?,15-11?,16-9?,16-15?. The molecule has 1 nitrogen and oxygen atoms in total. The molecule has 0 saturated heterocycles. The number of thioether (sulfide) groups is 1. The number of allylic oxidation sites excluding steroid dienone is 5. The quantitative estimate of drug-likeness (QED) is 0.669. The Bertz CT molecular complexity index is 361. The zero-order valence-electron chi connectivity index (χ0n) is 11.4. The highest BCUT2D eigenvalue weighted by Crippen LogP contribution is 2.23. The molecule has 17 heavy (non-hydrogen) atoms. The van der Waals surface area contributed by atoms with Gasteiger partial charge in [0.2, 0.25) is 0 Å². The molecule has 0 aromatic heterocycles. The first-order chi connectivity index (χ1) is 8.17. The van der Waals surface area contributed by atoms with E-state index in [1.54, 1.807) is 11.8 Å². The summed E-state index contributed by atoms with van der Waals surface area (Å²) in [6.07, 6.45) is 14.3. The van der Waals surface area contributed by atoms with Gasteiger partial charge in [-0.25, -0.2) is 0 Å². The van der Waals surface area contributed by atoms with Gasteiger partial charge in [0.15, 0.2) is 0 Å². The van der Waals surface area contributed by atoms with Gasteiger partial charge >= 0.3 is 0 Å². The largest absolute Gasteiger partial charge is 0.261 e. The van der Waals surface area contributed by atoms with E-state index in [2.05, 4.69) is 50.2 Å². The summed E-state index contributed by atoms with van der Waals surface area (Å²) in [4.78, 5) is 5.86. The minimum Gasteiger partial charge on any atom is -0.261 e. The summed E-state index contributed by atoms with van der Waals surface area (Å²) in [6.45, 7) is 6.66. The van der Waals surface area contributed by atoms with Crippen molar-refractivity contribution in [2.24, 2.45) is 10.9 Å². The Kier molecular flexibility index (Phi) is 6.35. The molecule has 0 amide bonds. The third-order valence-electron chi connectivity index (χ3n) is 2.94. The Morgan fingerprint density at radius 1 is 1.35 bits per heavy atom. The molecule has 1 unspecified atom stereocenters. The summed E-state index contributed by atoms with van der Waals surface area (Å²) >= 11 is 1.76. The molecule has 1 aliphatic heterocycles. The van der Waals surface area contributed by atoms with Gasteiger partial charge in [0.05, 0.1) is 0 Å². The van der Waals surface area contributed by atoms with Crippen LogP contribution >= 0.6 is 11.8 Å². The van der Waals surface area contributed by atoms with E-state index in [0.29, 0.717) is 5.92 Å². The maximum Gasteiger partial charge on any atom is 0.0434 e. The van der Waals surface area contributed by atoms with Crippen LogP contribution in [0, 0.1) is 5.92 Å². The highest BCUT2D eigenvalue weighted by molar-refractivity contribution is 8.02. The van der Waals surface area contributed by atoms with E-state index in [0.717, 1.165) is 0 Å². The van der Waals surface area contributed by atoms with Gasteiger partial charge in [0, 0.05) is 16.8 Å². The van der Waals surface area contributed by atoms with E-state index in [9.17, 15) is 0 Å². The molecule has 0 spiro atoms. The first kappa shape index (κ1) is 14.3. The fourth-order valence-electron chi connectivity index (χ4n) is 1.84. The molecule has 0 aromatic carbocycles. The highest BCUT2D eigenvalue weighted by Gasteiger charge is 2.08. The van der Waals surface area contributed by atoms with E-state index < -0.39 is 0 Å². The first-order valence-corrected chi connectivity index (χ1v) is 7.58. The summed E-state index contributed by atoms with van der Waals surface area (Å²) in [6, 6.07) is 0. The third-order valence-corrected chi connectivity index (χ3v) is 3.66. The second-order valence-corrected chi connectivity index (χ2v) is 5.43. The lowest BCUT2D eigenvalue weighted by Crippen LogP contribution is -1.99. The van der Waals surface area contributed by atoms with Gasteiger partial charge in [-0.3, -0.25) is 4.99 Å². The molecular formula is C15H23NS. The predicted molar refractivity (Wildman–Crippen MR) is 80.6 cm³/mol. The first-order valence-electron chi connectivity index (χ1n) is 6.35.